The molecule has 4 aromatic rings. The van der Waals surface area contributed by atoms with E-state index in [2.05, 4.69) is 15.0 Å². The van der Waals surface area contributed by atoms with Crippen LogP contribution in [0, 0.1) is 0 Å². The number of rotatable bonds is 7. The standard InChI is InChI=1S/C24H21N3O3S/c1-30-24(29)19-7-5-17(6-8-19)14-25-23(28)18-9-11-21(12-10-18)31-16-20-15-27-13-3-2-4-22(27)26-20/h2-13,15H,14,16H2,1H3,(H,25,28). The van der Waals surface area contributed by atoms with Gasteiger partial charge < -0.3 is 14.5 Å². The van der Waals surface area contributed by atoms with Crippen molar-refractivity contribution in [2.24, 2.45) is 0 Å². The molecule has 7 heteroatoms. The molecule has 0 saturated carbocycles. The Morgan fingerprint density at radius 2 is 1.74 bits per heavy atom. The number of fused-ring (bicyclic) bond motifs is 1. The van der Waals surface area contributed by atoms with E-state index < -0.39 is 0 Å². The fourth-order valence-electron chi connectivity index (χ4n) is 3.08. The van der Waals surface area contributed by atoms with Gasteiger partial charge in [-0.2, -0.15) is 0 Å². The lowest BCUT2D eigenvalue weighted by Gasteiger charge is -2.07. The molecule has 156 valence electrons. The Morgan fingerprint density at radius 3 is 2.45 bits per heavy atom. The predicted molar refractivity (Wildman–Crippen MR) is 120 cm³/mol. The summed E-state index contributed by atoms with van der Waals surface area (Å²) in [5.74, 6) is 0.234. The van der Waals surface area contributed by atoms with Crippen LogP contribution in [-0.2, 0) is 17.0 Å². The highest BCUT2D eigenvalue weighted by atomic mass is 32.2. The molecule has 0 saturated heterocycles. The van der Waals surface area contributed by atoms with Crippen LogP contribution in [0.4, 0.5) is 0 Å². The molecule has 0 spiro atoms. The highest BCUT2D eigenvalue weighted by Gasteiger charge is 2.08. The van der Waals surface area contributed by atoms with E-state index in [0.29, 0.717) is 17.7 Å². The van der Waals surface area contributed by atoms with Crippen molar-refractivity contribution in [3.8, 4) is 0 Å². The summed E-state index contributed by atoms with van der Waals surface area (Å²) in [5.41, 5.74) is 3.93. The molecule has 0 unspecified atom stereocenters. The van der Waals surface area contributed by atoms with E-state index in [-0.39, 0.29) is 11.9 Å². The molecule has 4 rings (SSSR count). The van der Waals surface area contributed by atoms with Crippen molar-refractivity contribution in [2.75, 3.05) is 7.11 Å². The number of methoxy groups -OCH3 is 1. The second-order valence-electron chi connectivity index (χ2n) is 6.88. The highest BCUT2D eigenvalue weighted by Crippen LogP contribution is 2.23. The molecule has 0 atom stereocenters. The van der Waals surface area contributed by atoms with E-state index in [9.17, 15) is 9.59 Å². The first-order valence-electron chi connectivity index (χ1n) is 9.73. The number of hydrogen-bond donors (Lipinski definition) is 1. The summed E-state index contributed by atoms with van der Waals surface area (Å²) in [4.78, 5) is 29.6. The number of esters is 1. The van der Waals surface area contributed by atoms with E-state index >= 15 is 0 Å². The number of thioether (sulfide) groups is 1. The highest BCUT2D eigenvalue weighted by molar-refractivity contribution is 7.98. The minimum Gasteiger partial charge on any atom is -0.465 e. The van der Waals surface area contributed by atoms with Crippen LogP contribution in [-0.4, -0.2) is 28.4 Å². The zero-order valence-electron chi connectivity index (χ0n) is 16.9. The van der Waals surface area contributed by atoms with Gasteiger partial charge in [-0.15, -0.1) is 11.8 Å². The van der Waals surface area contributed by atoms with E-state index in [0.717, 1.165) is 27.6 Å². The van der Waals surface area contributed by atoms with E-state index in [4.69, 9.17) is 0 Å². The van der Waals surface area contributed by atoms with Gasteiger partial charge in [-0.05, 0) is 54.1 Å². The molecule has 0 bridgehead atoms. The Morgan fingerprint density at radius 1 is 1.00 bits per heavy atom. The molecular weight excluding hydrogens is 410 g/mol. The Kier molecular flexibility index (Phi) is 6.33. The Balaban J connectivity index is 1.30. The Bertz CT molecular complexity index is 1170. The van der Waals surface area contributed by atoms with Crippen molar-refractivity contribution in [1.29, 1.82) is 0 Å². The van der Waals surface area contributed by atoms with E-state index in [1.54, 1.807) is 36.0 Å². The Labute approximate surface area is 184 Å². The number of hydrogen-bond acceptors (Lipinski definition) is 5. The lowest BCUT2D eigenvalue weighted by molar-refractivity contribution is 0.0600. The third kappa shape index (κ3) is 5.13. The monoisotopic (exact) mass is 431 g/mol. The predicted octanol–water partition coefficient (Wildman–Crippen LogP) is 4.34. The van der Waals surface area contributed by atoms with Gasteiger partial charge in [0, 0.05) is 35.2 Å². The van der Waals surface area contributed by atoms with Crippen LogP contribution in [0.1, 0.15) is 32.0 Å². The van der Waals surface area contributed by atoms with Crippen LogP contribution in [0.2, 0.25) is 0 Å². The van der Waals surface area contributed by atoms with Crippen LogP contribution in [0.25, 0.3) is 5.65 Å². The molecular formula is C24H21N3O3S. The van der Waals surface area contributed by atoms with Crippen molar-refractivity contribution in [2.45, 2.75) is 17.2 Å². The van der Waals surface area contributed by atoms with Gasteiger partial charge in [0.05, 0.1) is 18.4 Å². The molecule has 31 heavy (non-hydrogen) atoms. The topological polar surface area (TPSA) is 72.7 Å². The molecule has 0 aliphatic rings. The number of nitrogens with zero attached hydrogens (tertiary/aromatic N) is 2. The molecule has 0 aliphatic carbocycles. The molecule has 0 fully saturated rings. The zero-order valence-corrected chi connectivity index (χ0v) is 17.8. The zero-order chi connectivity index (χ0) is 21.6. The fourth-order valence-corrected chi connectivity index (χ4v) is 3.86. The lowest BCUT2D eigenvalue weighted by Crippen LogP contribution is -2.22. The maximum atomic E-state index is 12.4. The van der Waals surface area contributed by atoms with Crippen LogP contribution >= 0.6 is 11.8 Å². The number of ether oxygens (including phenoxy) is 1. The van der Waals surface area contributed by atoms with Gasteiger partial charge in [-0.1, -0.05) is 18.2 Å². The van der Waals surface area contributed by atoms with Gasteiger partial charge in [0.1, 0.15) is 5.65 Å². The van der Waals surface area contributed by atoms with Crippen molar-refractivity contribution in [3.63, 3.8) is 0 Å². The lowest BCUT2D eigenvalue weighted by atomic mass is 10.1. The fraction of sp³-hybridized carbons (Fsp3) is 0.125. The number of nitrogens with one attached hydrogen (secondary N) is 1. The first kappa shape index (κ1) is 20.7. The first-order chi connectivity index (χ1) is 15.1. The summed E-state index contributed by atoms with van der Waals surface area (Å²) in [5, 5.41) is 2.90. The SMILES string of the molecule is COC(=O)c1ccc(CNC(=O)c2ccc(SCc3cn4ccccc4n3)cc2)cc1. The second kappa shape index (κ2) is 9.49. The largest absolute Gasteiger partial charge is 0.465 e. The molecule has 2 aromatic heterocycles. The smallest absolute Gasteiger partial charge is 0.337 e. The molecule has 1 amide bonds. The van der Waals surface area contributed by atoms with Crippen LogP contribution in [0.5, 0.6) is 0 Å². The third-order valence-corrected chi connectivity index (χ3v) is 5.79. The van der Waals surface area contributed by atoms with Crippen LogP contribution < -0.4 is 5.32 Å². The maximum absolute atomic E-state index is 12.4. The quantitative estimate of drug-likeness (QED) is 0.348. The number of pyridine rings is 1. The summed E-state index contributed by atoms with van der Waals surface area (Å²) < 4.78 is 6.69. The minimum absolute atomic E-state index is 0.144. The number of amides is 1. The molecule has 1 N–H and O–H groups in total. The van der Waals surface area contributed by atoms with Gasteiger partial charge >= 0.3 is 5.97 Å². The number of imidazole rings is 1. The van der Waals surface area contributed by atoms with Gasteiger partial charge in [-0.25, -0.2) is 9.78 Å². The summed E-state index contributed by atoms with van der Waals surface area (Å²) in [7, 11) is 1.35. The van der Waals surface area contributed by atoms with E-state index in [1.807, 2.05) is 59.3 Å². The van der Waals surface area contributed by atoms with Crippen LogP contribution in [0.3, 0.4) is 0 Å². The van der Waals surface area contributed by atoms with Crippen LogP contribution in [0.15, 0.2) is 84.0 Å². The van der Waals surface area contributed by atoms with Crippen molar-refractivity contribution >= 4 is 29.3 Å². The van der Waals surface area contributed by atoms with Gasteiger partial charge in [0.15, 0.2) is 0 Å². The average molecular weight is 432 g/mol. The summed E-state index contributed by atoms with van der Waals surface area (Å²) in [6.45, 7) is 0.380. The molecule has 0 radical (unpaired) electrons. The number of aromatic nitrogens is 2. The normalized spacial score (nSPS) is 10.7. The third-order valence-electron chi connectivity index (χ3n) is 4.75. The average Bonchev–Trinajstić information content (AvgIpc) is 3.24. The van der Waals surface area contributed by atoms with Gasteiger partial charge in [0.25, 0.3) is 5.91 Å². The van der Waals surface area contributed by atoms with Gasteiger partial charge in [0.2, 0.25) is 0 Å². The molecule has 2 heterocycles. The minimum atomic E-state index is -0.380. The summed E-state index contributed by atoms with van der Waals surface area (Å²) in [6.07, 6.45) is 4.01. The number of carbonyl (C=O) groups is 2. The second-order valence-corrected chi connectivity index (χ2v) is 7.93. The molecule has 2 aromatic carbocycles. The van der Waals surface area contributed by atoms with Crippen molar-refractivity contribution in [3.05, 3.63) is 102 Å². The number of benzene rings is 2. The van der Waals surface area contributed by atoms with Crippen molar-refractivity contribution < 1.29 is 14.3 Å². The summed E-state index contributed by atoms with van der Waals surface area (Å²) in [6, 6.07) is 20.4. The number of carbonyl (C=O) groups excluding carboxylic acids is 2. The molecule has 6 nitrogen and oxygen atoms in total. The maximum Gasteiger partial charge on any atom is 0.337 e. The summed E-state index contributed by atoms with van der Waals surface area (Å²) >= 11 is 1.68. The van der Waals surface area contributed by atoms with Crippen molar-refractivity contribution in [1.82, 2.24) is 14.7 Å². The van der Waals surface area contributed by atoms with Gasteiger partial charge in [-0.3, -0.25) is 4.79 Å². The van der Waals surface area contributed by atoms with E-state index in [1.165, 1.54) is 7.11 Å². The first-order valence-corrected chi connectivity index (χ1v) is 10.7. The Hall–Kier alpha value is -3.58. The molecule has 0 aliphatic heterocycles.